The van der Waals surface area contributed by atoms with Crippen molar-refractivity contribution < 1.29 is 5.11 Å². The summed E-state index contributed by atoms with van der Waals surface area (Å²) in [5, 5.41) is 13.2. The maximum atomic E-state index is 11.3. The highest BCUT2D eigenvalue weighted by Gasteiger charge is 2.02. The van der Waals surface area contributed by atoms with Gasteiger partial charge in [0.15, 0.2) is 5.75 Å². The number of halogens is 1. The Morgan fingerprint density at radius 2 is 1.58 bits per heavy atom. The molecule has 0 aromatic heterocycles. The van der Waals surface area contributed by atoms with Crippen LogP contribution in [0.3, 0.4) is 0 Å². The van der Waals surface area contributed by atoms with Gasteiger partial charge in [-0.1, -0.05) is 24.3 Å². The molecule has 0 N–H and O–H groups in total. The van der Waals surface area contributed by atoms with Crippen LogP contribution in [-0.2, 0) is 5.11 Å². The molecule has 12 heavy (non-hydrogen) atoms. The fourth-order valence-corrected chi connectivity index (χ4v) is 1.88. The molecule has 2 heteroatoms. The second kappa shape index (κ2) is 2.94. The molecule has 0 heterocycles. The maximum Gasteiger partial charge on any atom is 0.186 e. The molecular formula is C10H6IO. The summed E-state index contributed by atoms with van der Waals surface area (Å²) < 4.78 is 1.13. The van der Waals surface area contributed by atoms with E-state index in [4.69, 9.17) is 0 Å². The smallest absolute Gasteiger partial charge is 0.186 e. The third-order valence-electron chi connectivity index (χ3n) is 1.83. The van der Waals surface area contributed by atoms with E-state index in [0.717, 1.165) is 14.3 Å². The summed E-state index contributed by atoms with van der Waals surface area (Å²) in [6, 6.07) is 11.1. The average Bonchev–Trinajstić information content (AvgIpc) is 2.12. The van der Waals surface area contributed by atoms with Gasteiger partial charge in [-0.2, -0.15) is 0 Å². The highest BCUT2D eigenvalue weighted by atomic mass is 127. The van der Waals surface area contributed by atoms with Crippen molar-refractivity contribution in [2.24, 2.45) is 0 Å². The molecule has 0 atom stereocenters. The zero-order chi connectivity index (χ0) is 8.55. The Hall–Kier alpha value is -0.770. The van der Waals surface area contributed by atoms with E-state index in [1.807, 2.05) is 30.3 Å². The van der Waals surface area contributed by atoms with Gasteiger partial charge in [0.05, 0.1) is 0 Å². The molecule has 2 aromatic rings. The van der Waals surface area contributed by atoms with Crippen LogP contribution in [0, 0.1) is 3.57 Å². The number of fused-ring (bicyclic) bond motifs is 1. The summed E-state index contributed by atoms with van der Waals surface area (Å²) in [4.78, 5) is 0. The van der Waals surface area contributed by atoms with Crippen LogP contribution in [0.5, 0.6) is 5.75 Å². The van der Waals surface area contributed by atoms with Gasteiger partial charge in [-0.15, -0.1) is 0 Å². The molecule has 0 spiro atoms. The molecule has 2 aromatic carbocycles. The van der Waals surface area contributed by atoms with Gasteiger partial charge in [0, 0.05) is 8.96 Å². The Bertz CT molecular complexity index is 383. The first-order valence-corrected chi connectivity index (χ1v) is 4.71. The molecule has 0 fully saturated rings. The van der Waals surface area contributed by atoms with Crippen LogP contribution < -0.4 is 0 Å². The van der Waals surface area contributed by atoms with Gasteiger partial charge in [-0.05, 0) is 40.1 Å². The van der Waals surface area contributed by atoms with Crippen molar-refractivity contribution in [2.75, 3.05) is 0 Å². The number of benzene rings is 2. The quantitative estimate of drug-likeness (QED) is 0.651. The first-order valence-electron chi connectivity index (χ1n) is 3.63. The lowest BCUT2D eigenvalue weighted by atomic mass is 10.1. The lowest BCUT2D eigenvalue weighted by Crippen LogP contribution is -1.76. The number of hydrogen-bond donors (Lipinski definition) is 0. The fourth-order valence-electron chi connectivity index (χ4n) is 1.23. The van der Waals surface area contributed by atoms with Crippen LogP contribution in [0.1, 0.15) is 0 Å². The topological polar surface area (TPSA) is 19.9 Å². The van der Waals surface area contributed by atoms with Crippen molar-refractivity contribution in [3.05, 3.63) is 40.0 Å². The molecule has 0 aliphatic rings. The maximum absolute atomic E-state index is 11.3. The molecule has 0 saturated heterocycles. The monoisotopic (exact) mass is 269 g/mol. The molecule has 0 bridgehead atoms. The van der Waals surface area contributed by atoms with E-state index in [9.17, 15) is 5.11 Å². The van der Waals surface area contributed by atoms with Crippen LogP contribution in [0.15, 0.2) is 36.4 Å². The number of hydrogen-bond acceptors (Lipinski definition) is 0. The zero-order valence-electron chi connectivity index (χ0n) is 6.25. The third-order valence-corrected chi connectivity index (χ3v) is 2.77. The van der Waals surface area contributed by atoms with Crippen molar-refractivity contribution in [3.8, 4) is 5.75 Å². The Morgan fingerprint density at radius 3 is 2.25 bits per heavy atom. The Morgan fingerprint density at radius 1 is 0.917 bits per heavy atom. The van der Waals surface area contributed by atoms with Crippen LogP contribution in [-0.4, -0.2) is 0 Å². The summed E-state index contributed by atoms with van der Waals surface area (Å²) in [5.74, 6) is 0.103. The Kier molecular flexibility index (Phi) is 1.92. The van der Waals surface area contributed by atoms with Crippen molar-refractivity contribution in [2.45, 2.75) is 0 Å². The summed E-state index contributed by atoms with van der Waals surface area (Å²) in [6.45, 7) is 0. The van der Waals surface area contributed by atoms with E-state index >= 15 is 0 Å². The molecule has 0 amide bonds. The third kappa shape index (κ3) is 1.16. The predicted molar refractivity (Wildman–Crippen MR) is 56.8 cm³/mol. The Labute approximate surface area is 84.2 Å². The lowest BCUT2D eigenvalue weighted by Gasteiger charge is -1.99. The lowest BCUT2D eigenvalue weighted by molar-refractivity contribution is 0.360. The molecule has 2 rings (SSSR count). The summed E-state index contributed by atoms with van der Waals surface area (Å²) in [5.41, 5.74) is 0. The summed E-state index contributed by atoms with van der Waals surface area (Å²) >= 11 is 2.24. The predicted octanol–water partition coefficient (Wildman–Crippen LogP) is 3.59. The van der Waals surface area contributed by atoms with Gasteiger partial charge in [-0.25, -0.2) is 0 Å². The van der Waals surface area contributed by atoms with Gasteiger partial charge in [0.25, 0.3) is 0 Å². The van der Waals surface area contributed by atoms with Gasteiger partial charge < -0.3 is 0 Å². The van der Waals surface area contributed by atoms with Crippen LogP contribution >= 0.6 is 22.6 Å². The Balaban J connectivity index is 2.95. The van der Waals surface area contributed by atoms with Crippen molar-refractivity contribution in [1.82, 2.24) is 0 Å². The molecular weight excluding hydrogens is 263 g/mol. The van der Waals surface area contributed by atoms with E-state index < -0.39 is 0 Å². The van der Waals surface area contributed by atoms with E-state index in [1.54, 1.807) is 6.07 Å². The first kappa shape index (κ1) is 7.86. The minimum Gasteiger partial charge on any atom is -0.289 e. The second-order valence-corrected chi connectivity index (χ2v) is 3.75. The van der Waals surface area contributed by atoms with Gasteiger partial charge in [-0.3, -0.25) is 5.11 Å². The molecule has 0 aliphatic heterocycles. The normalized spacial score (nSPS) is 10.4. The summed E-state index contributed by atoms with van der Waals surface area (Å²) in [7, 11) is 0. The average molecular weight is 269 g/mol. The number of rotatable bonds is 0. The SMILES string of the molecule is [O]c1ccc(I)c2ccccc12. The van der Waals surface area contributed by atoms with Crippen molar-refractivity contribution in [1.29, 1.82) is 0 Å². The molecule has 59 valence electrons. The molecule has 0 unspecified atom stereocenters. The minimum absolute atomic E-state index is 0.103. The van der Waals surface area contributed by atoms with Gasteiger partial charge in [0.2, 0.25) is 0 Å². The zero-order valence-corrected chi connectivity index (χ0v) is 8.41. The second-order valence-electron chi connectivity index (χ2n) is 2.59. The molecule has 1 radical (unpaired) electrons. The van der Waals surface area contributed by atoms with E-state index in [0.29, 0.717) is 0 Å². The highest BCUT2D eigenvalue weighted by molar-refractivity contribution is 14.1. The van der Waals surface area contributed by atoms with Crippen molar-refractivity contribution in [3.63, 3.8) is 0 Å². The minimum atomic E-state index is 0.103. The molecule has 0 aliphatic carbocycles. The van der Waals surface area contributed by atoms with E-state index in [1.165, 1.54) is 0 Å². The molecule has 0 saturated carbocycles. The highest BCUT2D eigenvalue weighted by Crippen LogP contribution is 2.28. The standard InChI is InChI=1S/C10H6IO/c11-9-5-6-10(12)8-4-2-1-3-7(8)9/h1-6H. The van der Waals surface area contributed by atoms with Crippen LogP contribution in [0.2, 0.25) is 0 Å². The van der Waals surface area contributed by atoms with Crippen LogP contribution in [0.25, 0.3) is 10.8 Å². The van der Waals surface area contributed by atoms with E-state index in [-0.39, 0.29) is 5.75 Å². The first-order chi connectivity index (χ1) is 5.79. The molecule has 1 nitrogen and oxygen atoms in total. The van der Waals surface area contributed by atoms with Gasteiger partial charge >= 0.3 is 0 Å². The largest absolute Gasteiger partial charge is 0.289 e. The van der Waals surface area contributed by atoms with E-state index in [2.05, 4.69) is 22.6 Å². The summed E-state index contributed by atoms with van der Waals surface area (Å²) in [6.07, 6.45) is 0. The van der Waals surface area contributed by atoms with Crippen LogP contribution in [0.4, 0.5) is 0 Å². The van der Waals surface area contributed by atoms with Gasteiger partial charge in [0.1, 0.15) is 0 Å². The van der Waals surface area contributed by atoms with Crippen molar-refractivity contribution >= 4 is 33.4 Å². The fraction of sp³-hybridized carbons (Fsp3) is 0.